The molecule has 26 heavy (non-hydrogen) atoms. The molecule has 0 bridgehead atoms. The van der Waals surface area contributed by atoms with Gasteiger partial charge in [-0.05, 0) is 42.7 Å². The Labute approximate surface area is 160 Å². The highest BCUT2D eigenvalue weighted by Gasteiger charge is 2.18. The van der Waals surface area contributed by atoms with E-state index in [-0.39, 0.29) is 24.3 Å². The van der Waals surface area contributed by atoms with Gasteiger partial charge >= 0.3 is 5.97 Å². The number of esters is 1. The van der Waals surface area contributed by atoms with Crippen LogP contribution < -0.4 is 0 Å². The largest absolute Gasteiger partial charge is 0.460 e. The zero-order chi connectivity index (χ0) is 19.7. The molecule has 0 unspecified atom stereocenters. The van der Waals surface area contributed by atoms with Crippen molar-refractivity contribution in [1.82, 2.24) is 0 Å². The zero-order valence-corrected chi connectivity index (χ0v) is 17.9. The third-order valence-electron chi connectivity index (χ3n) is 4.89. The molecule has 0 heterocycles. The average molecular weight is 383 g/mol. The standard InChI is InChI=1S/C21H34O4S/c1-7-17(8-2)20(22)18-9-11-19(12-10-18)21(23)25-14-13-24-15-26(5,6)16(3)4/h9-12,16-17H,7-8,13-15H2,1-6H3. The summed E-state index contributed by atoms with van der Waals surface area (Å²) in [6.07, 6.45) is 6.14. The van der Waals surface area contributed by atoms with Crippen molar-refractivity contribution in [3.63, 3.8) is 0 Å². The Hall–Kier alpha value is -1.33. The molecule has 0 saturated carbocycles. The van der Waals surface area contributed by atoms with E-state index in [1.54, 1.807) is 24.3 Å². The number of carbonyl (C=O) groups is 2. The summed E-state index contributed by atoms with van der Waals surface area (Å²) in [5.41, 5.74) is 1.11. The molecule has 0 N–H and O–H groups in total. The number of hydrogen-bond donors (Lipinski definition) is 0. The van der Waals surface area contributed by atoms with E-state index in [0.717, 1.165) is 18.8 Å². The second-order valence-electron chi connectivity index (χ2n) is 7.29. The Morgan fingerprint density at radius 1 is 0.962 bits per heavy atom. The van der Waals surface area contributed by atoms with Gasteiger partial charge in [0.05, 0.1) is 18.1 Å². The lowest BCUT2D eigenvalue weighted by molar-refractivity contribution is 0.0372. The summed E-state index contributed by atoms with van der Waals surface area (Å²) < 4.78 is 10.9. The fourth-order valence-electron chi connectivity index (χ4n) is 2.35. The Morgan fingerprint density at radius 2 is 1.50 bits per heavy atom. The highest BCUT2D eigenvalue weighted by atomic mass is 32.3. The molecule has 148 valence electrons. The van der Waals surface area contributed by atoms with Crippen LogP contribution in [-0.2, 0) is 9.47 Å². The summed E-state index contributed by atoms with van der Waals surface area (Å²) in [4.78, 5) is 24.4. The van der Waals surface area contributed by atoms with Gasteiger partial charge in [0, 0.05) is 11.5 Å². The highest BCUT2D eigenvalue weighted by molar-refractivity contribution is 8.33. The second kappa shape index (κ2) is 10.7. The van der Waals surface area contributed by atoms with Crippen LogP contribution in [0.1, 0.15) is 61.3 Å². The molecule has 0 fully saturated rings. The Morgan fingerprint density at radius 3 is 2.00 bits per heavy atom. The topological polar surface area (TPSA) is 52.6 Å². The van der Waals surface area contributed by atoms with Crippen LogP contribution in [0.15, 0.2) is 24.3 Å². The first kappa shape index (κ1) is 22.7. The van der Waals surface area contributed by atoms with Crippen molar-refractivity contribution in [3.05, 3.63) is 35.4 Å². The second-order valence-corrected chi connectivity index (χ2v) is 11.7. The van der Waals surface area contributed by atoms with Crippen LogP contribution in [0.4, 0.5) is 0 Å². The minimum Gasteiger partial charge on any atom is -0.460 e. The molecule has 0 aliphatic rings. The number of ketones is 1. The van der Waals surface area contributed by atoms with E-state index >= 15 is 0 Å². The molecule has 0 radical (unpaired) electrons. The van der Waals surface area contributed by atoms with Crippen molar-refractivity contribution in [3.8, 4) is 0 Å². The Balaban J connectivity index is 2.45. The molecule has 5 heteroatoms. The van der Waals surface area contributed by atoms with E-state index in [4.69, 9.17) is 9.47 Å². The average Bonchev–Trinajstić information content (AvgIpc) is 2.62. The van der Waals surface area contributed by atoms with Gasteiger partial charge in [-0.1, -0.05) is 39.8 Å². The molecule has 1 aromatic carbocycles. The van der Waals surface area contributed by atoms with Crippen molar-refractivity contribution in [2.24, 2.45) is 5.92 Å². The van der Waals surface area contributed by atoms with Crippen molar-refractivity contribution >= 4 is 21.8 Å². The van der Waals surface area contributed by atoms with Gasteiger partial charge in [0.25, 0.3) is 0 Å². The first-order chi connectivity index (χ1) is 12.2. The predicted octanol–water partition coefficient (Wildman–Crippen LogP) is 4.91. The number of ether oxygens (including phenoxy) is 2. The maximum atomic E-state index is 12.3. The van der Waals surface area contributed by atoms with E-state index < -0.39 is 10.0 Å². The third-order valence-corrected chi connectivity index (χ3v) is 8.21. The Bertz CT molecular complexity index is 574. The summed E-state index contributed by atoms with van der Waals surface area (Å²) in [6.45, 7) is 9.08. The van der Waals surface area contributed by atoms with Crippen molar-refractivity contribution in [1.29, 1.82) is 0 Å². The van der Waals surface area contributed by atoms with Gasteiger partial charge < -0.3 is 9.47 Å². The molecule has 4 nitrogen and oxygen atoms in total. The van der Waals surface area contributed by atoms with E-state index in [1.165, 1.54) is 0 Å². The van der Waals surface area contributed by atoms with Gasteiger partial charge in [-0.2, -0.15) is 0 Å². The molecular weight excluding hydrogens is 348 g/mol. The Kier molecular flexibility index (Phi) is 9.37. The summed E-state index contributed by atoms with van der Waals surface area (Å²) >= 11 is 0. The molecule has 0 aliphatic carbocycles. The SMILES string of the molecule is CCC(CC)C(=O)c1ccc(C(=O)OCCOCS(C)(C)C(C)C)cc1. The van der Waals surface area contributed by atoms with Gasteiger partial charge in [-0.3, -0.25) is 4.79 Å². The quantitative estimate of drug-likeness (QED) is 0.310. The van der Waals surface area contributed by atoms with Crippen molar-refractivity contribution in [2.45, 2.75) is 45.8 Å². The molecule has 0 aliphatic heterocycles. The lowest BCUT2D eigenvalue weighted by Gasteiger charge is -2.35. The lowest BCUT2D eigenvalue weighted by atomic mass is 9.93. The van der Waals surface area contributed by atoms with Crippen LogP contribution in [0.2, 0.25) is 0 Å². The summed E-state index contributed by atoms with van der Waals surface area (Å²) in [5, 5.41) is 0.603. The third kappa shape index (κ3) is 6.76. The van der Waals surface area contributed by atoms with Gasteiger partial charge in [0.15, 0.2) is 5.78 Å². The predicted molar refractivity (Wildman–Crippen MR) is 111 cm³/mol. The smallest absolute Gasteiger partial charge is 0.338 e. The summed E-state index contributed by atoms with van der Waals surface area (Å²) in [7, 11) is -0.770. The van der Waals surface area contributed by atoms with Crippen LogP contribution in [0, 0.1) is 5.92 Å². The van der Waals surface area contributed by atoms with Gasteiger partial charge in [-0.25, -0.2) is 14.8 Å². The first-order valence-electron chi connectivity index (χ1n) is 9.31. The molecule has 0 atom stereocenters. The summed E-state index contributed by atoms with van der Waals surface area (Å²) in [6, 6.07) is 6.74. The minimum absolute atomic E-state index is 0.0437. The van der Waals surface area contributed by atoms with Gasteiger partial charge in [0.1, 0.15) is 6.61 Å². The van der Waals surface area contributed by atoms with Crippen LogP contribution in [0.3, 0.4) is 0 Å². The number of Topliss-reactive ketones (excluding diaryl/α,β-unsaturated/α-hetero) is 1. The van der Waals surface area contributed by atoms with E-state index in [2.05, 4.69) is 26.4 Å². The highest BCUT2D eigenvalue weighted by Crippen LogP contribution is 2.44. The molecule has 0 amide bonds. The molecule has 0 spiro atoms. The number of carbonyl (C=O) groups excluding carboxylic acids is 2. The zero-order valence-electron chi connectivity index (χ0n) is 17.0. The van der Waals surface area contributed by atoms with Crippen LogP contribution in [-0.4, -0.2) is 48.7 Å². The van der Waals surface area contributed by atoms with E-state index in [1.807, 2.05) is 13.8 Å². The maximum absolute atomic E-state index is 12.3. The normalized spacial score (nSPS) is 12.5. The van der Waals surface area contributed by atoms with Gasteiger partial charge in [-0.15, -0.1) is 0 Å². The molecular formula is C21H34O4S. The summed E-state index contributed by atoms with van der Waals surface area (Å²) in [5.74, 6) is 0.515. The van der Waals surface area contributed by atoms with E-state index in [9.17, 15) is 9.59 Å². The minimum atomic E-state index is -0.770. The fourth-order valence-corrected chi connectivity index (χ4v) is 3.17. The maximum Gasteiger partial charge on any atom is 0.338 e. The van der Waals surface area contributed by atoms with Crippen LogP contribution >= 0.6 is 10.0 Å². The van der Waals surface area contributed by atoms with Gasteiger partial charge in [0.2, 0.25) is 0 Å². The molecule has 0 saturated heterocycles. The van der Waals surface area contributed by atoms with Crippen molar-refractivity contribution < 1.29 is 19.1 Å². The monoisotopic (exact) mass is 382 g/mol. The lowest BCUT2D eigenvalue weighted by Crippen LogP contribution is -2.17. The molecule has 0 aromatic heterocycles. The fraction of sp³-hybridized carbons (Fsp3) is 0.619. The van der Waals surface area contributed by atoms with Crippen molar-refractivity contribution in [2.75, 3.05) is 31.7 Å². The number of rotatable bonds is 11. The van der Waals surface area contributed by atoms with E-state index in [0.29, 0.717) is 23.0 Å². The van der Waals surface area contributed by atoms with Crippen LogP contribution in [0.5, 0.6) is 0 Å². The first-order valence-corrected chi connectivity index (χ1v) is 12.0. The van der Waals surface area contributed by atoms with Crippen LogP contribution in [0.25, 0.3) is 0 Å². The molecule has 1 rings (SSSR count). The molecule has 1 aromatic rings. The number of benzene rings is 1. The number of hydrogen-bond acceptors (Lipinski definition) is 4.